The van der Waals surface area contributed by atoms with Crippen LogP contribution in [0.3, 0.4) is 0 Å². The van der Waals surface area contributed by atoms with E-state index in [4.69, 9.17) is 19.9 Å². The maximum Gasteiger partial charge on any atom is 0.415 e. The summed E-state index contributed by atoms with van der Waals surface area (Å²) in [5, 5.41) is 4.23. The van der Waals surface area contributed by atoms with Crippen molar-refractivity contribution in [3.63, 3.8) is 0 Å². The minimum absolute atomic E-state index is 0.0620. The molecule has 0 aliphatic carbocycles. The lowest BCUT2D eigenvalue weighted by Gasteiger charge is -2.37. The summed E-state index contributed by atoms with van der Waals surface area (Å²) in [5.74, 6) is 2.06. The molecule has 37 heavy (non-hydrogen) atoms. The van der Waals surface area contributed by atoms with E-state index in [2.05, 4.69) is 28.3 Å². The van der Waals surface area contributed by atoms with Crippen molar-refractivity contribution in [1.29, 1.82) is 0 Å². The zero-order valence-corrected chi connectivity index (χ0v) is 22.0. The first-order valence-corrected chi connectivity index (χ1v) is 12.8. The first-order valence-electron chi connectivity index (χ1n) is 12.8. The number of nitrogen functional groups attached to an aromatic ring is 1. The lowest BCUT2D eigenvalue weighted by molar-refractivity contribution is 0.0775. The van der Waals surface area contributed by atoms with E-state index in [1.165, 1.54) is 0 Å². The molecule has 1 atom stereocenters. The number of carbonyl (C=O) groups excluding carboxylic acids is 1. The molecular weight excluding hydrogens is 470 g/mol. The Morgan fingerprint density at radius 1 is 1.11 bits per heavy atom. The molecule has 2 saturated heterocycles. The zero-order valence-electron chi connectivity index (χ0n) is 22.0. The third kappa shape index (κ3) is 5.27. The molecule has 2 aliphatic rings. The van der Waals surface area contributed by atoms with Crippen molar-refractivity contribution >= 4 is 28.5 Å². The molecule has 0 unspecified atom stereocenters. The summed E-state index contributed by atoms with van der Waals surface area (Å²) in [6.45, 7) is 8.84. The molecule has 5 rings (SSSR count). The Bertz CT molecular complexity index is 1290. The predicted molar refractivity (Wildman–Crippen MR) is 143 cm³/mol. The number of hydrogen-bond donors (Lipinski definition) is 2. The van der Waals surface area contributed by atoms with Gasteiger partial charge in [0.2, 0.25) is 0 Å². The number of hydrogen-bond acceptors (Lipinski definition) is 8. The second-order valence-electron chi connectivity index (χ2n) is 10.3. The van der Waals surface area contributed by atoms with Crippen LogP contribution in [0.4, 0.5) is 16.3 Å². The summed E-state index contributed by atoms with van der Waals surface area (Å²) in [5.41, 5.74) is 9.85. The Hall–Kier alpha value is -3.59. The molecule has 1 amide bonds. The fourth-order valence-corrected chi connectivity index (χ4v) is 5.35. The molecule has 9 nitrogen and oxygen atoms in total. The van der Waals surface area contributed by atoms with Crippen molar-refractivity contribution in [2.45, 2.75) is 46.1 Å². The number of nitrogens with zero attached hydrogens (tertiary/aromatic N) is 3. The van der Waals surface area contributed by atoms with Gasteiger partial charge in [-0.15, -0.1) is 0 Å². The Morgan fingerprint density at radius 3 is 2.57 bits per heavy atom. The number of benzene rings is 2. The SMILES string of the molecule is COc1cc2nc(C)nc(N[C@H](C)c3cc(C)cc(N)c3)c2cc1OC(=O)N1CCC2(CCOC2)CC1. The number of ether oxygens (including phenoxy) is 3. The van der Waals surface area contributed by atoms with Crippen molar-refractivity contribution < 1.29 is 19.0 Å². The van der Waals surface area contributed by atoms with Crippen molar-refractivity contribution in [3.8, 4) is 11.5 Å². The van der Waals surface area contributed by atoms with E-state index in [1.807, 2.05) is 26.0 Å². The van der Waals surface area contributed by atoms with Gasteiger partial charge >= 0.3 is 6.09 Å². The Labute approximate surface area is 217 Å². The summed E-state index contributed by atoms with van der Waals surface area (Å²) in [6.07, 6.45) is 2.55. The average Bonchev–Trinajstić information content (AvgIpc) is 3.31. The molecular formula is C28H35N5O4. The van der Waals surface area contributed by atoms with Gasteiger partial charge in [0.1, 0.15) is 11.6 Å². The first kappa shape index (κ1) is 25.1. The second kappa shape index (κ2) is 10.0. The Kier molecular flexibility index (Phi) is 6.81. The normalized spacial score (nSPS) is 17.7. The summed E-state index contributed by atoms with van der Waals surface area (Å²) >= 11 is 0. The van der Waals surface area contributed by atoms with E-state index in [9.17, 15) is 4.79 Å². The van der Waals surface area contributed by atoms with Crippen molar-refractivity contribution in [3.05, 3.63) is 47.3 Å². The van der Waals surface area contributed by atoms with Crippen LogP contribution >= 0.6 is 0 Å². The highest BCUT2D eigenvalue weighted by atomic mass is 16.6. The van der Waals surface area contributed by atoms with Gasteiger partial charge in [0, 0.05) is 36.8 Å². The molecule has 2 aliphatic heterocycles. The highest BCUT2D eigenvalue weighted by molar-refractivity contribution is 5.92. The molecule has 196 valence electrons. The van der Waals surface area contributed by atoms with E-state index < -0.39 is 0 Å². The molecule has 0 bridgehead atoms. The molecule has 1 aromatic heterocycles. The van der Waals surface area contributed by atoms with Gasteiger partial charge in [0.05, 0.1) is 25.3 Å². The standard InChI is InChI=1S/C28H35N5O4/c1-17-11-20(13-21(29)12-17)18(2)30-26-22-14-25(24(35-4)15-23(22)31-19(3)32-26)37-27(34)33-8-5-28(6-9-33)7-10-36-16-28/h11-15,18H,5-10,16,29H2,1-4H3,(H,30,31,32)/t18-/m1/s1. The molecule has 2 fully saturated rings. The summed E-state index contributed by atoms with van der Waals surface area (Å²) in [6, 6.07) is 9.50. The first-order chi connectivity index (χ1) is 17.7. The summed E-state index contributed by atoms with van der Waals surface area (Å²) in [4.78, 5) is 24.1. The molecule has 3 heterocycles. The molecule has 0 radical (unpaired) electrons. The minimum Gasteiger partial charge on any atom is -0.493 e. The fourth-order valence-electron chi connectivity index (χ4n) is 5.35. The number of nitrogens with two attached hydrogens (primary N) is 1. The van der Waals surface area contributed by atoms with E-state index in [0.717, 1.165) is 54.7 Å². The van der Waals surface area contributed by atoms with Crippen molar-refractivity contribution in [1.82, 2.24) is 14.9 Å². The van der Waals surface area contributed by atoms with E-state index in [-0.39, 0.29) is 17.6 Å². The van der Waals surface area contributed by atoms with Gasteiger partial charge < -0.3 is 30.2 Å². The van der Waals surface area contributed by atoms with Gasteiger partial charge in [-0.25, -0.2) is 14.8 Å². The number of fused-ring (bicyclic) bond motifs is 1. The topological polar surface area (TPSA) is 112 Å². The maximum atomic E-state index is 13.1. The Balaban J connectivity index is 1.40. The molecule has 3 N–H and O–H groups in total. The monoisotopic (exact) mass is 505 g/mol. The molecule has 0 saturated carbocycles. The number of aromatic nitrogens is 2. The van der Waals surface area contributed by atoms with Crippen LogP contribution in [0.2, 0.25) is 0 Å². The number of piperidine rings is 1. The lowest BCUT2D eigenvalue weighted by Crippen LogP contribution is -2.44. The minimum atomic E-state index is -0.377. The van der Waals surface area contributed by atoms with Crippen LogP contribution in [-0.2, 0) is 4.74 Å². The highest BCUT2D eigenvalue weighted by Crippen LogP contribution is 2.40. The van der Waals surface area contributed by atoms with Crippen LogP contribution in [0.25, 0.3) is 10.9 Å². The molecule has 1 spiro atoms. The van der Waals surface area contributed by atoms with Gasteiger partial charge in [0.25, 0.3) is 0 Å². The van der Waals surface area contributed by atoms with E-state index in [0.29, 0.717) is 41.7 Å². The predicted octanol–water partition coefficient (Wildman–Crippen LogP) is 5.01. The number of likely N-dealkylation sites (tertiary alicyclic amines) is 1. The zero-order chi connectivity index (χ0) is 26.2. The van der Waals surface area contributed by atoms with Gasteiger partial charge in [-0.1, -0.05) is 6.07 Å². The van der Waals surface area contributed by atoms with Crippen molar-refractivity contribution in [2.75, 3.05) is 44.5 Å². The quantitative estimate of drug-likeness (QED) is 0.466. The van der Waals surface area contributed by atoms with Crippen LogP contribution in [0.5, 0.6) is 11.5 Å². The Morgan fingerprint density at radius 2 is 1.89 bits per heavy atom. The second-order valence-corrected chi connectivity index (χ2v) is 10.3. The number of methoxy groups -OCH3 is 1. The van der Waals surface area contributed by atoms with Crippen LogP contribution in [0, 0.1) is 19.3 Å². The molecule has 9 heteroatoms. The van der Waals surface area contributed by atoms with Crippen LogP contribution in [0.1, 0.15) is 49.2 Å². The van der Waals surface area contributed by atoms with Gasteiger partial charge in [-0.2, -0.15) is 0 Å². The van der Waals surface area contributed by atoms with Crippen LogP contribution in [-0.4, -0.2) is 54.4 Å². The highest BCUT2D eigenvalue weighted by Gasteiger charge is 2.39. The lowest BCUT2D eigenvalue weighted by atomic mass is 9.78. The van der Waals surface area contributed by atoms with E-state index >= 15 is 0 Å². The van der Waals surface area contributed by atoms with Gasteiger partial charge in [-0.3, -0.25) is 0 Å². The third-order valence-electron chi connectivity index (χ3n) is 7.53. The van der Waals surface area contributed by atoms with Crippen molar-refractivity contribution in [2.24, 2.45) is 5.41 Å². The maximum absolute atomic E-state index is 13.1. The third-order valence-corrected chi connectivity index (χ3v) is 7.53. The molecule has 3 aromatic rings. The number of nitrogens with one attached hydrogen (secondary N) is 1. The van der Waals surface area contributed by atoms with Gasteiger partial charge in [0.15, 0.2) is 11.5 Å². The number of anilines is 2. The smallest absolute Gasteiger partial charge is 0.415 e. The van der Waals surface area contributed by atoms with Gasteiger partial charge in [-0.05, 0) is 74.8 Å². The number of carbonyl (C=O) groups is 1. The van der Waals surface area contributed by atoms with E-state index in [1.54, 1.807) is 24.1 Å². The van der Waals surface area contributed by atoms with Crippen LogP contribution < -0.4 is 20.5 Å². The fraction of sp³-hybridized carbons (Fsp3) is 0.464. The average molecular weight is 506 g/mol. The number of amides is 1. The van der Waals surface area contributed by atoms with Crippen LogP contribution in [0.15, 0.2) is 30.3 Å². The summed E-state index contributed by atoms with van der Waals surface area (Å²) < 4.78 is 17.1. The summed E-state index contributed by atoms with van der Waals surface area (Å²) in [7, 11) is 1.56. The molecule has 2 aromatic carbocycles. The number of rotatable bonds is 5. The number of aryl methyl sites for hydroxylation is 2. The largest absolute Gasteiger partial charge is 0.493 e.